The molecular formula is C46H44BrN2NaOS2. The number of rotatable bonds is 5. The second-order valence-corrected chi connectivity index (χ2v) is 16.0. The number of benzene rings is 6. The molecule has 0 aliphatic heterocycles. The first kappa shape index (κ1) is 42.0. The fourth-order valence-electron chi connectivity index (χ4n) is 5.23. The van der Waals surface area contributed by atoms with Gasteiger partial charge in [0.1, 0.15) is 0 Å². The van der Waals surface area contributed by atoms with Crippen molar-refractivity contribution in [3.63, 3.8) is 0 Å². The van der Waals surface area contributed by atoms with Crippen LogP contribution in [0.15, 0.2) is 173 Å². The number of halogens is 1. The zero-order valence-electron chi connectivity index (χ0n) is 31.2. The van der Waals surface area contributed by atoms with E-state index < -0.39 is 5.60 Å². The molecule has 8 aromatic rings. The van der Waals surface area contributed by atoms with Crippen LogP contribution in [0, 0.1) is 13.8 Å². The van der Waals surface area contributed by atoms with Gasteiger partial charge in [-0.2, -0.15) is 0 Å². The summed E-state index contributed by atoms with van der Waals surface area (Å²) in [5, 5.41) is 20.3. The Morgan fingerprint density at radius 1 is 0.528 bits per heavy atom. The molecule has 0 bridgehead atoms. The van der Waals surface area contributed by atoms with Crippen LogP contribution in [-0.4, -0.2) is 5.60 Å². The van der Waals surface area contributed by atoms with Crippen LogP contribution in [0.2, 0.25) is 0 Å². The van der Waals surface area contributed by atoms with E-state index in [1.54, 1.807) is 43.4 Å². The summed E-state index contributed by atoms with van der Waals surface area (Å²) >= 11 is 6.98. The average Bonchev–Trinajstić information content (AvgIpc) is 3.79. The summed E-state index contributed by atoms with van der Waals surface area (Å²) in [4.78, 5) is 2.31. The molecule has 0 fully saturated rings. The third kappa shape index (κ3) is 13.9. The fourth-order valence-corrected chi connectivity index (χ4v) is 7.15. The van der Waals surface area contributed by atoms with E-state index in [9.17, 15) is 5.11 Å². The van der Waals surface area contributed by atoms with Crippen LogP contribution < -0.4 is 44.9 Å². The number of fused-ring (bicyclic) bond motifs is 2. The number of aryl methyl sites for hydroxylation is 2. The van der Waals surface area contributed by atoms with Crippen LogP contribution in [0.25, 0.3) is 20.2 Å². The van der Waals surface area contributed by atoms with E-state index in [2.05, 4.69) is 190 Å². The average molecular weight is 808 g/mol. The van der Waals surface area contributed by atoms with Gasteiger partial charge in [0.2, 0.25) is 0 Å². The number of thiophene rings is 2. The Labute approximate surface area is 353 Å². The Hall–Kier alpha value is -3.72. The van der Waals surface area contributed by atoms with E-state index in [4.69, 9.17) is 0 Å². The summed E-state index contributed by atoms with van der Waals surface area (Å²) in [6, 6.07) is 55.0. The Balaban J connectivity index is 0.000000178. The van der Waals surface area contributed by atoms with Gasteiger partial charge in [0.15, 0.2) is 0 Å². The van der Waals surface area contributed by atoms with Crippen molar-refractivity contribution in [2.75, 3.05) is 10.2 Å². The summed E-state index contributed by atoms with van der Waals surface area (Å²) in [5.41, 5.74) is 7.59. The van der Waals surface area contributed by atoms with Crippen LogP contribution >= 0.6 is 38.6 Å². The van der Waals surface area contributed by atoms with Crippen molar-refractivity contribution in [1.82, 2.24) is 0 Å². The second kappa shape index (κ2) is 20.7. The second-order valence-electron chi connectivity index (χ2n) is 13.2. The number of hydrogen-bond acceptors (Lipinski definition) is 5. The van der Waals surface area contributed by atoms with Crippen LogP contribution in [-0.2, 0) is 0 Å². The molecule has 0 aliphatic carbocycles. The third-order valence-electron chi connectivity index (χ3n) is 7.46. The number of nitrogens with one attached hydrogen (secondary N) is 1. The molecule has 0 aliphatic rings. The maximum absolute atomic E-state index is 10.1. The minimum absolute atomic E-state index is 0. The maximum atomic E-state index is 10.1. The molecule has 3 nitrogen and oxygen atoms in total. The van der Waals surface area contributed by atoms with Gasteiger partial charge in [-0.1, -0.05) is 97.4 Å². The van der Waals surface area contributed by atoms with Crippen LogP contribution in [0.1, 0.15) is 31.9 Å². The largest absolute Gasteiger partial charge is 1.00 e. The molecule has 2 aromatic heterocycles. The summed E-state index contributed by atoms with van der Waals surface area (Å²) in [7, 11) is 0. The number of anilines is 5. The van der Waals surface area contributed by atoms with Crippen molar-refractivity contribution in [3.8, 4) is 0 Å². The van der Waals surface area contributed by atoms with Gasteiger partial charge in [0, 0.05) is 42.3 Å². The molecule has 6 aromatic carbocycles. The normalized spacial score (nSPS) is 10.4. The summed E-state index contributed by atoms with van der Waals surface area (Å²) in [6.45, 7) is 9.12. The summed E-state index contributed by atoms with van der Waals surface area (Å²) in [5.74, 6) is 0. The van der Waals surface area contributed by atoms with Gasteiger partial charge in [0.25, 0.3) is 0 Å². The number of nitrogens with zero attached hydrogens (tertiary/aromatic N) is 1. The summed E-state index contributed by atoms with van der Waals surface area (Å²) < 4.78 is 3.83. The van der Waals surface area contributed by atoms with Crippen molar-refractivity contribution in [2.24, 2.45) is 0 Å². The topological polar surface area (TPSA) is 38.3 Å². The van der Waals surface area contributed by atoms with E-state index >= 15 is 0 Å². The van der Waals surface area contributed by atoms with Crippen LogP contribution in [0.4, 0.5) is 28.4 Å². The van der Waals surface area contributed by atoms with E-state index in [1.807, 2.05) is 18.2 Å². The van der Waals surface area contributed by atoms with Gasteiger partial charge in [-0.05, 0) is 144 Å². The third-order valence-corrected chi connectivity index (χ3v) is 9.75. The van der Waals surface area contributed by atoms with Crippen molar-refractivity contribution >= 4 is 87.2 Å². The first-order chi connectivity index (χ1) is 25.0. The Morgan fingerprint density at radius 2 is 1.02 bits per heavy atom. The molecule has 0 radical (unpaired) electrons. The zero-order valence-corrected chi connectivity index (χ0v) is 36.4. The first-order valence-corrected chi connectivity index (χ1v) is 19.7. The number of para-hydroxylation sites is 2. The number of hydrogen-bond donors (Lipinski definition) is 1. The van der Waals surface area contributed by atoms with E-state index in [0.29, 0.717) is 0 Å². The van der Waals surface area contributed by atoms with E-state index in [1.165, 1.54) is 48.4 Å². The predicted molar refractivity (Wildman–Crippen MR) is 231 cm³/mol. The Kier molecular flexibility index (Phi) is 16.4. The quantitative estimate of drug-likeness (QED) is 0.176. The molecule has 2 heterocycles. The molecule has 0 amide bonds. The predicted octanol–water partition coefficient (Wildman–Crippen LogP) is 11.2. The maximum Gasteiger partial charge on any atom is 1.00 e. The molecule has 53 heavy (non-hydrogen) atoms. The van der Waals surface area contributed by atoms with Crippen molar-refractivity contribution in [3.05, 3.63) is 184 Å². The Morgan fingerprint density at radius 3 is 1.62 bits per heavy atom. The smallest absolute Gasteiger partial charge is 0.850 e. The molecule has 264 valence electrons. The van der Waals surface area contributed by atoms with Gasteiger partial charge in [-0.15, -0.1) is 28.3 Å². The van der Waals surface area contributed by atoms with Gasteiger partial charge < -0.3 is 15.3 Å². The van der Waals surface area contributed by atoms with Gasteiger partial charge in [-0.25, -0.2) is 0 Å². The van der Waals surface area contributed by atoms with Crippen LogP contribution in [0.5, 0.6) is 0 Å². The molecule has 0 saturated heterocycles. The standard InChI is InChI=1S/C21H17NS.C13H13N.C8H5BrS.C4H9O.Na/c1-16-6-5-9-19(14-16)22(18-7-3-2-4-8-18)20-10-11-21-17(15-20)12-13-23-21;1-11-6-5-9-13(10-11)14-12-7-3-2-4-8-12;9-7-1-2-8-6(5-7)3-4-10-8;1-4(2,3)5;/h2-15H,1H3;2-10,14H,1H3;1-5H;1-3H3;/q;;;-1;+1. The van der Waals surface area contributed by atoms with Gasteiger partial charge in [0.05, 0.1) is 0 Å². The molecular weight excluding hydrogens is 764 g/mol. The van der Waals surface area contributed by atoms with Crippen molar-refractivity contribution in [1.29, 1.82) is 0 Å². The Bertz CT molecular complexity index is 2270. The molecule has 0 unspecified atom stereocenters. The zero-order chi connectivity index (χ0) is 36.9. The molecule has 7 heteroatoms. The van der Waals surface area contributed by atoms with Gasteiger partial charge in [-0.3, -0.25) is 0 Å². The first-order valence-electron chi connectivity index (χ1n) is 17.1. The molecule has 8 rings (SSSR count). The minimum atomic E-state index is -0.750. The molecule has 0 atom stereocenters. The molecule has 1 N–H and O–H groups in total. The van der Waals surface area contributed by atoms with E-state index in [-0.39, 0.29) is 29.6 Å². The van der Waals surface area contributed by atoms with Crippen molar-refractivity contribution < 1.29 is 34.7 Å². The van der Waals surface area contributed by atoms with Crippen LogP contribution in [0.3, 0.4) is 0 Å². The monoisotopic (exact) mass is 806 g/mol. The fraction of sp³-hybridized carbons (Fsp3) is 0.130. The van der Waals surface area contributed by atoms with Crippen molar-refractivity contribution in [2.45, 2.75) is 40.2 Å². The summed E-state index contributed by atoms with van der Waals surface area (Å²) in [6.07, 6.45) is 0. The van der Waals surface area contributed by atoms with E-state index in [0.717, 1.165) is 15.8 Å². The molecule has 0 spiro atoms. The minimum Gasteiger partial charge on any atom is -0.850 e. The van der Waals surface area contributed by atoms with Gasteiger partial charge >= 0.3 is 29.6 Å². The molecule has 0 saturated carbocycles. The SMILES string of the molecule is Brc1ccc2sccc2c1.CC(C)(C)[O-].Cc1cccc(N(c2ccccc2)c2ccc3sccc3c2)c1.Cc1cccc(Nc2ccccc2)c1.[Na+].